The van der Waals surface area contributed by atoms with Crippen LogP contribution in [0.5, 0.6) is 0 Å². The Bertz CT molecular complexity index is 334. The van der Waals surface area contributed by atoms with Crippen molar-refractivity contribution in [2.24, 2.45) is 0 Å². The van der Waals surface area contributed by atoms with Gasteiger partial charge in [-0.2, -0.15) is 30.7 Å². The van der Waals surface area contributed by atoms with Crippen molar-refractivity contribution < 1.29 is 40.6 Å². The summed E-state index contributed by atoms with van der Waals surface area (Å²) in [6.45, 7) is 0. The van der Waals surface area contributed by atoms with Crippen molar-refractivity contribution in [1.82, 2.24) is 0 Å². The minimum absolute atomic E-state index is 0.121. The maximum absolute atomic E-state index is 12.6. The van der Waals surface area contributed by atoms with Gasteiger partial charge in [0.2, 0.25) is 0 Å². The summed E-state index contributed by atoms with van der Waals surface area (Å²) >= 11 is 4.79. The second-order valence-electron chi connectivity index (χ2n) is 2.84. The van der Waals surface area contributed by atoms with E-state index < -0.39 is 35.4 Å². The van der Waals surface area contributed by atoms with E-state index in [1.165, 1.54) is 0 Å². The van der Waals surface area contributed by atoms with Crippen LogP contribution in [0.1, 0.15) is 6.42 Å². The minimum Gasteiger partial charge on any atom is -0.477 e. The van der Waals surface area contributed by atoms with Gasteiger partial charge in [-0.05, 0) is 0 Å². The Balaban J connectivity index is 5.05. The largest absolute Gasteiger partial charge is 0.477 e. The maximum Gasteiger partial charge on any atom is 0.459 e. The first kappa shape index (κ1) is 16.0. The van der Waals surface area contributed by atoms with E-state index in [2.05, 4.69) is 0 Å². The monoisotopic (exact) mass is 288 g/mol. The van der Waals surface area contributed by atoms with E-state index in [1.807, 2.05) is 0 Å². The number of hydrogen-bond acceptors (Lipinski definition) is 1. The van der Waals surface area contributed by atoms with Crippen LogP contribution in [-0.2, 0) is 4.79 Å². The normalized spacial score (nSPS) is 14.9. The SMILES string of the molecule is O=C(O)C(Cl)=CCC(F)(F)C(F)(F)C(F)(F)F. The number of allylic oxidation sites excluding steroid dienone is 1. The minimum atomic E-state index is -6.44. The van der Waals surface area contributed by atoms with Gasteiger partial charge in [0, 0.05) is 6.42 Å². The molecule has 0 aromatic rings. The summed E-state index contributed by atoms with van der Waals surface area (Å²) in [5.74, 6) is -13.7. The van der Waals surface area contributed by atoms with E-state index in [4.69, 9.17) is 16.7 Å². The highest BCUT2D eigenvalue weighted by molar-refractivity contribution is 6.40. The molecule has 2 nitrogen and oxygen atoms in total. The van der Waals surface area contributed by atoms with Gasteiger partial charge in [-0.1, -0.05) is 17.7 Å². The average molecular weight is 289 g/mol. The summed E-state index contributed by atoms with van der Waals surface area (Å²) < 4.78 is 84.5. The molecule has 0 bridgehead atoms. The third-order valence-corrected chi connectivity index (χ3v) is 1.87. The molecule has 1 N–H and O–H groups in total. The zero-order valence-corrected chi connectivity index (χ0v) is 8.42. The second kappa shape index (κ2) is 4.71. The number of carboxylic acid groups (broad SMARTS) is 1. The summed E-state index contributed by atoms with van der Waals surface area (Å²) in [7, 11) is 0. The highest BCUT2D eigenvalue weighted by Gasteiger charge is 2.72. The number of halogens is 8. The molecule has 0 rings (SSSR count). The lowest BCUT2D eigenvalue weighted by atomic mass is 10.1. The number of alkyl halides is 7. The Morgan fingerprint density at radius 3 is 1.82 bits per heavy atom. The average Bonchev–Trinajstić information content (AvgIpc) is 2.11. The number of rotatable bonds is 4. The van der Waals surface area contributed by atoms with Crippen LogP contribution in [0.2, 0.25) is 0 Å². The molecule has 0 spiro atoms. The Kier molecular flexibility index (Phi) is 4.44. The molecule has 0 fully saturated rings. The van der Waals surface area contributed by atoms with Gasteiger partial charge in [0.05, 0.1) is 0 Å². The molecule has 0 saturated carbocycles. The molecule has 17 heavy (non-hydrogen) atoms. The van der Waals surface area contributed by atoms with Crippen LogP contribution in [-0.4, -0.2) is 29.1 Å². The van der Waals surface area contributed by atoms with Crippen molar-refractivity contribution in [3.05, 3.63) is 11.1 Å². The molecule has 0 aliphatic heterocycles. The fourth-order valence-corrected chi connectivity index (χ4v) is 0.718. The summed E-state index contributed by atoms with van der Waals surface area (Å²) in [6.07, 6.45) is -8.71. The number of hydrogen-bond donors (Lipinski definition) is 1. The standard InChI is InChI=1S/C7H4ClF7O2/c8-3(4(16)17)1-2-5(9,10)6(11,12)7(13,14)15/h1H,2H2,(H,16,17). The van der Waals surface area contributed by atoms with Crippen molar-refractivity contribution in [1.29, 1.82) is 0 Å². The van der Waals surface area contributed by atoms with E-state index in [9.17, 15) is 35.5 Å². The molecule has 0 saturated heterocycles. The van der Waals surface area contributed by atoms with Crippen molar-refractivity contribution in [3.8, 4) is 0 Å². The molecule has 0 amide bonds. The van der Waals surface area contributed by atoms with Gasteiger partial charge in [-0.15, -0.1) is 0 Å². The molecule has 0 aliphatic carbocycles. The molecular formula is C7H4ClF7O2. The van der Waals surface area contributed by atoms with E-state index >= 15 is 0 Å². The van der Waals surface area contributed by atoms with Crippen molar-refractivity contribution >= 4 is 17.6 Å². The summed E-state index contributed by atoms with van der Waals surface area (Å²) in [5, 5.41) is 6.81. The van der Waals surface area contributed by atoms with Crippen LogP contribution in [0.15, 0.2) is 11.1 Å². The zero-order valence-electron chi connectivity index (χ0n) is 7.66. The first-order chi connectivity index (χ1) is 7.33. The lowest BCUT2D eigenvalue weighted by molar-refractivity contribution is -0.353. The van der Waals surface area contributed by atoms with Gasteiger partial charge < -0.3 is 5.11 Å². The fourth-order valence-electron chi connectivity index (χ4n) is 0.641. The predicted octanol–water partition coefficient (Wildman–Crippen LogP) is 3.42. The van der Waals surface area contributed by atoms with Crippen molar-refractivity contribution in [2.45, 2.75) is 24.4 Å². The first-order valence-electron chi connectivity index (χ1n) is 3.74. The Morgan fingerprint density at radius 2 is 1.53 bits per heavy atom. The molecule has 0 radical (unpaired) electrons. The lowest BCUT2D eigenvalue weighted by Crippen LogP contribution is -2.51. The van der Waals surface area contributed by atoms with Crippen molar-refractivity contribution in [2.75, 3.05) is 0 Å². The molecule has 0 aromatic heterocycles. The molecule has 0 atom stereocenters. The van der Waals surface area contributed by atoms with Crippen LogP contribution < -0.4 is 0 Å². The Hall–Kier alpha value is -0.990. The lowest BCUT2D eigenvalue weighted by Gasteiger charge is -2.27. The number of aliphatic carboxylic acids is 1. The predicted molar refractivity (Wildman–Crippen MR) is 42.1 cm³/mol. The van der Waals surface area contributed by atoms with Gasteiger partial charge in [0.1, 0.15) is 5.03 Å². The van der Waals surface area contributed by atoms with Crippen LogP contribution in [0.4, 0.5) is 30.7 Å². The zero-order chi connectivity index (χ0) is 14.1. The summed E-state index contributed by atoms with van der Waals surface area (Å²) in [4.78, 5) is 10.0. The quantitative estimate of drug-likeness (QED) is 0.636. The number of carboxylic acids is 1. The Morgan fingerprint density at radius 1 is 1.12 bits per heavy atom. The topological polar surface area (TPSA) is 37.3 Å². The first-order valence-corrected chi connectivity index (χ1v) is 4.12. The van der Waals surface area contributed by atoms with Gasteiger partial charge >= 0.3 is 24.0 Å². The molecule has 10 heteroatoms. The van der Waals surface area contributed by atoms with Gasteiger partial charge in [0.25, 0.3) is 0 Å². The highest BCUT2D eigenvalue weighted by Crippen LogP contribution is 2.48. The molecule has 0 unspecified atom stereocenters. The molecule has 100 valence electrons. The van der Waals surface area contributed by atoms with Crippen LogP contribution >= 0.6 is 11.6 Å². The van der Waals surface area contributed by atoms with Gasteiger partial charge in [-0.3, -0.25) is 0 Å². The molecule has 0 heterocycles. The maximum atomic E-state index is 12.6. The van der Waals surface area contributed by atoms with Crippen LogP contribution in [0.25, 0.3) is 0 Å². The van der Waals surface area contributed by atoms with Crippen LogP contribution in [0, 0.1) is 0 Å². The second-order valence-corrected chi connectivity index (χ2v) is 3.25. The van der Waals surface area contributed by atoms with E-state index in [1.54, 1.807) is 0 Å². The Labute approximate surface area is 94.7 Å². The smallest absolute Gasteiger partial charge is 0.459 e. The molecule has 0 aliphatic rings. The van der Waals surface area contributed by atoms with E-state index in [0.717, 1.165) is 0 Å². The fraction of sp³-hybridized carbons (Fsp3) is 0.571. The third-order valence-electron chi connectivity index (χ3n) is 1.56. The summed E-state index contributed by atoms with van der Waals surface area (Å²) in [6, 6.07) is 0. The van der Waals surface area contributed by atoms with E-state index in [-0.39, 0.29) is 6.08 Å². The third kappa shape index (κ3) is 3.48. The van der Waals surface area contributed by atoms with E-state index in [0.29, 0.717) is 0 Å². The number of carbonyl (C=O) groups is 1. The van der Waals surface area contributed by atoms with Gasteiger partial charge in [0.15, 0.2) is 0 Å². The molecular weight excluding hydrogens is 285 g/mol. The van der Waals surface area contributed by atoms with Gasteiger partial charge in [-0.25, -0.2) is 4.79 Å². The van der Waals surface area contributed by atoms with Crippen molar-refractivity contribution in [3.63, 3.8) is 0 Å². The molecule has 0 aromatic carbocycles. The summed E-state index contributed by atoms with van der Waals surface area (Å²) in [5.41, 5.74) is 0. The highest BCUT2D eigenvalue weighted by atomic mass is 35.5. The van der Waals surface area contributed by atoms with Crippen LogP contribution in [0.3, 0.4) is 0 Å².